The Morgan fingerprint density at radius 2 is 2.14 bits per heavy atom. The number of carbonyl (C=O) groups is 3. The van der Waals surface area contributed by atoms with Crippen LogP contribution in [0.2, 0.25) is 0 Å². The van der Waals surface area contributed by atoms with E-state index in [9.17, 15) is 28.4 Å². The number of hydrogen-bond donors (Lipinski definition) is 3. The summed E-state index contributed by atoms with van der Waals surface area (Å²) in [7, 11) is 1.52. The molecule has 1 spiro atoms. The molecule has 196 valence electrons. The van der Waals surface area contributed by atoms with Gasteiger partial charge in [0.15, 0.2) is 0 Å². The fraction of sp³-hybridized carbons (Fsp3) is 0.538. The molecule has 11 heteroatoms. The van der Waals surface area contributed by atoms with Crippen molar-refractivity contribution in [2.75, 3.05) is 20.2 Å². The van der Waals surface area contributed by atoms with Gasteiger partial charge in [0.05, 0.1) is 13.2 Å². The van der Waals surface area contributed by atoms with Crippen molar-refractivity contribution in [1.82, 2.24) is 20.5 Å². The topological polar surface area (TPSA) is 127 Å². The number of amides is 3. The first-order valence-corrected chi connectivity index (χ1v) is 12.5. The molecule has 3 atom stereocenters. The van der Waals surface area contributed by atoms with Crippen LogP contribution in [0.5, 0.6) is 5.75 Å². The molecule has 0 unspecified atom stereocenters. The first-order valence-electron chi connectivity index (χ1n) is 12.5. The quantitative estimate of drug-likeness (QED) is 0.548. The summed E-state index contributed by atoms with van der Waals surface area (Å²) < 4.78 is 33.2. The molecule has 2 saturated heterocycles. The number of halogens is 2. The average Bonchev–Trinajstić information content (AvgIpc) is 3.46. The summed E-state index contributed by atoms with van der Waals surface area (Å²) in [5.74, 6) is -3.84. The van der Waals surface area contributed by atoms with Crippen LogP contribution in [0.4, 0.5) is 8.78 Å². The molecule has 0 bridgehead atoms. The number of rotatable bonds is 6. The number of likely N-dealkylation sites (tertiary alicyclic amines) is 1. The number of hydrogen-bond acceptors (Lipinski definition) is 5. The minimum atomic E-state index is -2.82. The number of piperidine rings is 1. The number of aromatic nitrogens is 1. The molecule has 3 fully saturated rings. The Morgan fingerprint density at radius 1 is 1.35 bits per heavy atom. The maximum absolute atomic E-state index is 13.9. The Labute approximate surface area is 212 Å². The Balaban J connectivity index is 1.37. The summed E-state index contributed by atoms with van der Waals surface area (Å²) in [6.45, 7) is 0.610. The molecule has 37 heavy (non-hydrogen) atoms. The van der Waals surface area contributed by atoms with Crippen LogP contribution in [-0.2, 0) is 9.59 Å². The molecule has 9 nitrogen and oxygen atoms in total. The number of nitriles is 1. The molecule has 5 rings (SSSR count). The number of H-pyrrole nitrogens is 1. The van der Waals surface area contributed by atoms with Gasteiger partial charge < -0.3 is 25.3 Å². The lowest BCUT2D eigenvalue weighted by Gasteiger charge is -2.44. The highest BCUT2D eigenvalue weighted by Gasteiger charge is 2.62. The molecular weight excluding hydrogens is 484 g/mol. The lowest BCUT2D eigenvalue weighted by Crippen LogP contribution is -2.50. The van der Waals surface area contributed by atoms with Crippen molar-refractivity contribution in [3.8, 4) is 11.8 Å². The van der Waals surface area contributed by atoms with Crippen LogP contribution >= 0.6 is 0 Å². The number of aromatic amines is 1. The first-order chi connectivity index (χ1) is 17.6. The second kappa shape index (κ2) is 9.32. The molecule has 1 aromatic heterocycles. The number of methoxy groups -OCH3 is 1. The number of benzene rings is 1. The molecule has 3 amide bonds. The predicted molar refractivity (Wildman–Crippen MR) is 129 cm³/mol. The first kappa shape index (κ1) is 25.0. The molecule has 3 N–H and O–H groups in total. The second-order valence-corrected chi connectivity index (χ2v) is 10.5. The number of ether oxygens (including phenoxy) is 1. The Kier molecular flexibility index (Phi) is 6.30. The van der Waals surface area contributed by atoms with Gasteiger partial charge >= 0.3 is 0 Å². The summed E-state index contributed by atoms with van der Waals surface area (Å²) in [6, 6.07) is 7.05. The third-order valence-corrected chi connectivity index (χ3v) is 7.81. The van der Waals surface area contributed by atoms with E-state index in [1.54, 1.807) is 24.3 Å². The van der Waals surface area contributed by atoms with Gasteiger partial charge in [0.1, 0.15) is 23.5 Å². The molecule has 2 aliphatic heterocycles. The van der Waals surface area contributed by atoms with E-state index in [1.807, 2.05) is 6.07 Å². The van der Waals surface area contributed by atoms with Crippen molar-refractivity contribution in [3.63, 3.8) is 0 Å². The number of nitrogens with one attached hydrogen (secondary N) is 3. The van der Waals surface area contributed by atoms with Gasteiger partial charge in [-0.3, -0.25) is 14.4 Å². The standard InChI is InChI=1S/C26H29F2N5O4/c1-37-21-6-2-5-18-17(21)9-19(32-18)24(36)33-14-25(12-26(27,28)13-25)10-20(33)23(35)31-16(11-29)8-15-4-3-7-30-22(15)34/h2,5-6,9,15-16,20,32H,3-4,7-8,10,12-14H2,1H3,(H,30,34)(H,31,35)/t15-,16-,20-/m0/s1. The van der Waals surface area contributed by atoms with E-state index in [0.29, 0.717) is 29.6 Å². The molecule has 1 saturated carbocycles. The summed E-state index contributed by atoms with van der Waals surface area (Å²) >= 11 is 0. The van der Waals surface area contributed by atoms with Gasteiger partial charge in [0, 0.05) is 48.2 Å². The molecule has 1 aliphatic carbocycles. The van der Waals surface area contributed by atoms with Crippen molar-refractivity contribution >= 4 is 28.6 Å². The van der Waals surface area contributed by atoms with Gasteiger partial charge in [0.2, 0.25) is 17.7 Å². The van der Waals surface area contributed by atoms with Gasteiger partial charge in [0.25, 0.3) is 5.91 Å². The minimum Gasteiger partial charge on any atom is -0.496 e. The molecule has 3 aliphatic rings. The highest BCUT2D eigenvalue weighted by atomic mass is 19.3. The highest BCUT2D eigenvalue weighted by molar-refractivity contribution is 6.02. The predicted octanol–water partition coefficient (Wildman–Crippen LogP) is 2.73. The van der Waals surface area contributed by atoms with E-state index >= 15 is 0 Å². The van der Waals surface area contributed by atoms with Gasteiger partial charge in [-0.1, -0.05) is 6.07 Å². The van der Waals surface area contributed by atoms with E-state index in [-0.39, 0.29) is 31.0 Å². The van der Waals surface area contributed by atoms with E-state index in [0.717, 1.165) is 6.42 Å². The maximum atomic E-state index is 13.9. The summed E-state index contributed by atoms with van der Waals surface area (Å²) in [5.41, 5.74) is 0.0373. The van der Waals surface area contributed by atoms with Crippen molar-refractivity contribution in [3.05, 3.63) is 30.0 Å². The largest absolute Gasteiger partial charge is 0.496 e. The molecule has 1 aromatic carbocycles. The zero-order valence-electron chi connectivity index (χ0n) is 20.5. The second-order valence-electron chi connectivity index (χ2n) is 10.5. The van der Waals surface area contributed by atoms with Crippen molar-refractivity contribution in [2.24, 2.45) is 11.3 Å². The van der Waals surface area contributed by atoms with Gasteiger partial charge in [-0.2, -0.15) is 5.26 Å². The zero-order valence-corrected chi connectivity index (χ0v) is 20.5. The number of fused-ring (bicyclic) bond motifs is 1. The van der Waals surface area contributed by atoms with E-state index in [4.69, 9.17) is 4.74 Å². The van der Waals surface area contributed by atoms with E-state index in [2.05, 4.69) is 15.6 Å². The van der Waals surface area contributed by atoms with Crippen LogP contribution < -0.4 is 15.4 Å². The van der Waals surface area contributed by atoms with Crippen molar-refractivity contribution in [2.45, 2.75) is 56.5 Å². The number of alkyl halides is 2. The molecule has 0 radical (unpaired) electrons. The van der Waals surface area contributed by atoms with Crippen LogP contribution in [0.25, 0.3) is 10.9 Å². The van der Waals surface area contributed by atoms with Crippen molar-refractivity contribution in [1.29, 1.82) is 5.26 Å². The Hall–Kier alpha value is -3.68. The Bertz CT molecular complexity index is 1280. The average molecular weight is 514 g/mol. The smallest absolute Gasteiger partial charge is 0.271 e. The third kappa shape index (κ3) is 4.72. The van der Waals surface area contributed by atoms with Crippen LogP contribution in [0.1, 0.15) is 49.0 Å². The normalized spacial score (nSPS) is 24.7. The molecule has 2 aromatic rings. The van der Waals surface area contributed by atoms with Crippen LogP contribution in [-0.4, -0.2) is 65.8 Å². The summed E-state index contributed by atoms with van der Waals surface area (Å²) in [6.07, 6.45) is 0.872. The van der Waals surface area contributed by atoms with E-state index < -0.39 is 54.0 Å². The number of carbonyl (C=O) groups excluding carboxylic acids is 3. The fourth-order valence-corrected chi connectivity index (χ4v) is 6.14. The maximum Gasteiger partial charge on any atom is 0.271 e. The third-order valence-electron chi connectivity index (χ3n) is 7.81. The zero-order chi connectivity index (χ0) is 26.4. The lowest BCUT2D eigenvalue weighted by atomic mass is 9.65. The van der Waals surface area contributed by atoms with Gasteiger partial charge in [-0.05, 0) is 43.9 Å². The minimum absolute atomic E-state index is 0.0221. The summed E-state index contributed by atoms with van der Waals surface area (Å²) in [4.78, 5) is 43.5. The van der Waals surface area contributed by atoms with Crippen molar-refractivity contribution < 1.29 is 27.9 Å². The monoisotopic (exact) mass is 513 g/mol. The lowest BCUT2D eigenvalue weighted by molar-refractivity contribution is -0.155. The fourth-order valence-electron chi connectivity index (χ4n) is 6.14. The van der Waals surface area contributed by atoms with Crippen LogP contribution in [0, 0.1) is 22.7 Å². The number of nitrogens with zero attached hydrogens (tertiary/aromatic N) is 2. The Morgan fingerprint density at radius 3 is 2.81 bits per heavy atom. The van der Waals surface area contributed by atoms with Crippen LogP contribution in [0.3, 0.4) is 0 Å². The van der Waals surface area contributed by atoms with E-state index in [1.165, 1.54) is 12.0 Å². The van der Waals surface area contributed by atoms with Gasteiger partial charge in [-0.25, -0.2) is 8.78 Å². The molecule has 3 heterocycles. The SMILES string of the molecule is COc1cccc2[nH]c(C(=O)N3CC4(C[C@H]3C(=O)N[C@H](C#N)C[C@@H]3CCCNC3=O)CC(F)(F)C4)cc12. The highest BCUT2D eigenvalue weighted by Crippen LogP contribution is 2.58. The van der Waals surface area contributed by atoms with Gasteiger partial charge in [-0.15, -0.1) is 0 Å². The summed E-state index contributed by atoms with van der Waals surface area (Å²) in [5, 5.41) is 15.8. The van der Waals surface area contributed by atoms with Crippen LogP contribution in [0.15, 0.2) is 24.3 Å². The molecular formula is C26H29F2N5O4.